The van der Waals surface area contributed by atoms with Crippen LogP contribution in [0.5, 0.6) is 0 Å². The fraction of sp³-hybridized carbons (Fsp3) is 0.250. The molecule has 0 spiro atoms. The average Bonchev–Trinajstić information content (AvgIpc) is 3.05. The van der Waals surface area contributed by atoms with Gasteiger partial charge < -0.3 is 10.0 Å². The minimum Gasteiger partial charge on any atom is -0.480 e. The zero-order chi connectivity index (χ0) is 13.4. The molecule has 1 atom stereocenters. The van der Waals surface area contributed by atoms with Crippen LogP contribution in [-0.2, 0) is 4.79 Å². The molecule has 2 aromatic rings. The van der Waals surface area contributed by atoms with Crippen molar-refractivity contribution < 1.29 is 14.7 Å². The molecule has 6 nitrogen and oxygen atoms in total. The summed E-state index contributed by atoms with van der Waals surface area (Å²) >= 11 is 1.44. The lowest BCUT2D eigenvalue weighted by Gasteiger charge is -2.19. The van der Waals surface area contributed by atoms with Crippen molar-refractivity contribution in [1.82, 2.24) is 15.1 Å². The molecule has 19 heavy (non-hydrogen) atoms. The second-order valence-electron chi connectivity index (χ2n) is 4.25. The minimum absolute atomic E-state index is 0.282. The van der Waals surface area contributed by atoms with Gasteiger partial charge in [0.15, 0.2) is 5.69 Å². The van der Waals surface area contributed by atoms with Crippen molar-refractivity contribution in [2.24, 2.45) is 0 Å². The number of hydrogen-bond acceptors (Lipinski definition) is 4. The average molecular weight is 277 g/mol. The molecular weight excluding hydrogens is 266 g/mol. The Morgan fingerprint density at radius 3 is 3.00 bits per heavy atom. The number of benzene rings is 1. The molecule has 1 amide bonds. The van der Waals surface area contributed by atoms with Crippen molar-refractivity contribution in [3.8, 4) is 0 Å². The monoisotopic (exact) mass is 277 g/mol. The van der Waals surface area contributed by atoms with E-state index < -0.39 is 12.0 Å². The summed E-state index contributed by atoms with van der Waals surface area (Å²) < 4.78 is 0. The van der Waals surface area contributed by atoms with E-state index in [-0.39, 0.29) is 11.6 Å². The van der Waals surface area contributed by atoms with Crippen LogP contribution in [0.25, 0.3) is 10.9 Å². The van der Waals surface area contributed by atoms with Crippen molar-refractivity contribution in [2.75, 3.05) is 11.6 Å². The standard InChI is InChI=1S/C12H11N3O3S/c16-11(15-6-19-5-9(15)12(17)18)10-7-3-1-2-4-8(7)13-14-10/h1-4,9H,5-6H2,(H,13,14)(H,17,18)/t9-/m0/s1. The highest BCUT2D eigenvalue weighted by atomic mass is 32.2. The number of rotatable bonds is 2. The number of nitrogens with zero attached hydrogens (tertiary/aromatic N) is 2. The normalized spacial score (nSPS) is 18.9. The van der Waals surface area contributed by atoms with Crippen molar-refractivity contribution in [3.63, 3.8) is 0 Å². The van der Waals surface area contributed by atoms with Gasteiger partial charge in [0.05, 0.1) is 11.4 Å². The number of carboxylic acids is 1. The number of carbonyl (C=O) groups is 2. The quantitative estimate of drug-likeness (QED) is 0.860. The Labute approximate surface area is 112 Å². The van der Waals surface area contributed by atoms with Crippen LogP contribution in [0.4, 0.5) is 0 Å². The lowest BCUT2D eigenvalue weighted by atomic mass is 10.2. The molecule has 0 aliphatic carbocycles. The number of carboxylic acid groups (broad SMARTS) is 1. The summed E-state index contributed by atoms with van der Waals surface area (Å²) in [6.07, 6.45) is 0. The number of amides is 1. The second kappa shape index (κ2) is 4.58. The maximum Gasteiger partial charge on any atom is 0.327 e. The van der Waals surface area contributed by atoms with Crippen molar-refractivity contribution in [3.05, 3.63) is 30.0 Å². The van der Waals surface area contributed by atoms with Gasteiger partial charge in [0.1, 0.15) is 6.04 Å². The molecule has 0 saturated carbocycles. The maximum absolute atomic E-state index is 12.4. The number of nitrogens with one attached hydrogen (secondary N) is 1. The van der Waals surface area contributed by atoms with Gasteiger partial charge in [-0.25, -0.2) is 4.79 Å². The number of carbonyl (C=O) groups excluding carboxylic acids is 1. The SMILES string of the molecule is O=C(O)[C@@H]1CSCN1C(=O)c1n[nH]c2ccccc12. The van der Waals surface area contributed by atoms with Crippen molar-refractivity contribution in [2.45, 2.75) is 6.04 Å². The first-order valence-electron chi connectivity index (χ1n) is 5.73. The van der Waals surface area contributed by atoms with Crippen LogP contribution in [0, 0.1) is 0 Å². The zero-order valence-electron chi connectivity index (χ0n) is 9.87. The van der Waals surface area contributed by atoms with Gasteiger partial charge in [0.2, 0.25) is 0 Å². The third-order valence-corrected chi connectivity index (χ3v) is 4.11. The van der Waals surface area contributed by atoms with E-state index in [1.54, 1.807) is 6.07 Å². The van der Waals surface area contributed by atoms with E-state index in [9.17, 15) is 9.59 Å². The molecule has 0 bridgehead atoms. The molecule has 0 radical (unpaired) electrons. The Hall–Kier alpha value is -2.02. The Kier molecular flexibility index (Phi) is 2.90. The van der Waals surface area contributed by atoms with E-state index in [0.717, 1.165) is 5.52 Å². The summed E-state index contributed by atoms with van der Waals surface area (Å²) in [5.41, 5.74) is 1.05. The first-order chi connectivity index (χ1) is 9.18. The predicted molar refractivity (Wildman–Crippen MR) is 71.0 cm³/mol. The highest BCUT2D eigenvalue weighted by molar-refractivity contribution is 7.99. The number of H-pyrrole nitrogens is 1. The lowest BCUT2D eigenvalue weighted by molar-refractivity contribution is -0.140. The van der Waals surface area contributed by atoms with Crippen molar-refractivity contribution >= 4 is 34.5 Å². The molecule has 1 aliphatic heterocycles. The van der Waals surface area contributed by atoms with Crippen LogP contribution in [0.3, 0.4) is 0 Å². The number of aromatic nitrogens is 2. The predicted octanol–water partition coefficient (Wildman–Crippen LogP) is 1.16. The second-order valence-corrected chi connectivity index (χ2v) is 5.25. The van der Waals surface area contributed by atoms with E-state index in [0.29, 0.717) is 17.0 Å². The third-order valence-electron chi connectivity index (χ3n) is 3.10. The Bertz CT molecular complexity index is 654. The minimum atomic E-state index is -0.974. The van der Waals surface area contributed by atoms with Gasteiger partial charge in [-0.1, -0.05) is 18.2 Å². The summed E-state index contributed by atoms with van der Waals surface area (Å²) in [6, 6.07) is 6.52. The zero-order valence-corrected chi connectivity index (χ0v) is 10.7. The third kappa shape index (κ3) is 1.95. The molecule has 1 aromatic carbocycles. The Morgan fingerprint density at radius 1 is 1.42 bits per heavy atom. The molecule has 3 rings (SSSR count). The summed E-state index contributed by atoms with van der Waals surface area (Å²) in [5.74, 6) is -0.506. The molecule has 1 aliphatic rings. The molecule has 1 saturated heterocycles. The van der Waals surface area contributed by atoms with Crippen LogP contribution in [0.1, 0.15) is 10.5 Å². The molecule has 2 heterocycles. The molecule has 98 valence electrons. The molecule has 1 aromatic heterocycles. The van der Waals surface area contributed by atoms with E-state index in [4.69, 9.17) is 5.11 Å². The van der Waals surface area contributed by atoms with Crippen LogP contribution < -0.4 is 0 Å². The summed E-state index contributed by atoms with van der Waals surface area (Å²) in [5, 5.41) is 16.6. The number of para-hydroxylation sites is 1. The largest absolute Gasteiger partial charge is 0.480 e. The topological polar surface area (TPSA) is 86.3 Å². The molecule has 2 N–H and O–H groups in total. The van der Waals surface area contributed by atoms with Gasteiger partial charge >= 0.3 is 5.97 Å². The van der Waals surface area contributed by atoms with E-state index in [2.05, 4.69) is 10.2 Å². The van der Waals surface area contributed by atoms with Crippen LogP contribution in [0.15, 0.2) is 24.3 Å². The fourth-order valence-electron chi connectivity index (χ4n) is 2.11. The van der Waals surface area contributed by atoms with Gasteiger partial charge in [-0.05, 0) is 6.07 Å². The van der Waals surface area contributed by atoms with Gasteiger partial charge in [0.25, 0.3) is 5.91 Å². The van der Waals surface area contributed by atoms with Crippen LogP contribution in [0.2, 0.25) is 0 Å². The van der Waals surface area contributed by atoms with Crippen LogP contribution in [-0.4, -0.2) is 49.8 Å². The molecule has 1 fully saturated rings. The van der Waals surface area contributed by atoms with Crippen molar-refractivity contribution in [1.29, 1.82) is 0 Å². The molecule has 0 unspecified atom stereocenters. The number of aromatic amines is 1. The maximum atomic E-state index is 12.4. The smallest absolute Gasteiger partial charge is 0.327 e. The first kappa shape index (κ1) is 12.0. The van der Waals surface area contributed by atoms with Gasteiger partial charge in [0, 0.05) is 11.1 Å². The van der Waals surface area contributed by atoms with E-state index in [1.807, 2.05) is 18.2 Å². The summed E-state index contributed by atoms with van der Waals surface area (Å²) in [7, 11) is 0. The van der Waals surface area contributed by atoms with Gasteiger partial charge in [-0.2, -0.15) is 5.10 Å². The Balaban J connectivity index is 1.98. The molecular formula is C12H11N3O3S. The number of fused-ring (bicyclic) bond motifs is 1. The van der Waals surface area contributed by atoms with Crippen LogP contribution >= 0.6 is 11.8 Å². The first-order valence-corrected chi connectivity index (χ1v) is 6.88. The highest BCUT2D eigenvalue weighted by Gasteiger charge is 2.36. The Morgan fingerprint density at radius 2 is 2.21 bits per heavy atom. The summed E-state index contributed by atoms with van der Waals surface area (Å²) in [4.78, 5) is 24.9. The number of thioether (sulfide) groups is 1. The highest BCUT2D eigenvalue weighted by Crippen LogP contribution is 2.25. The van der Waals surface area contributed by atoms with E-state index >= 15 is 0 Å². The van der Waals surface area contributed by atoms with Gasteiger partial charge in [-0.15, -0.1) is 11.8 Å². The fourth-order valence-corrected chi connectivity index (χ4v) is 3.25. The number of aliphatic carboxylic acids is 1. The number of hydrogen-bond donors (Lipinski definition) is 2. The molecule has 7 heteroatoms. The van der Waals surface area contributed by atoms with Gasteiger partial charge in [-0.3, -0.25) is 9.89 Å². The lowest BCUT2D eigenvalue weighted by Crippen LogP contribution is -2.41. The van der Waals surface area contributed by atoms with E-state index in [1.165, 1.54) is 16.7 Å². The summed E-state index contributed by atoms with van der Waals surface area (Å²) in [6.45, 7) is 0.